The Balaban J connectivity index is 1.85. The van der Waals surface area contributed by atoms with Crippen LogP contribution in [0.2, 0.25) is 0 Å². The molecule has 0 aliphatic heterocycles. The number of aliphatic hydroxyl groups is 1. The molecule has 1 aromatic carbocycles. The molecular weight excluding hydrogens is 457 g/mol. The van der Waals surface area contributed by atoms with Gasteiger partial charge in [0, 0.05) is 16.8 Å². The second-order valence-electron chi connectivity index (χ2n) is 9.17. The molecule has 35 heavy (non-hydrogen) atoms. The van der Waals surface area contributed by atoms with Crippen LogP contribution in [0.3, 0.4) is 0 Å². The predicted molar refractivity (Wildman–Crippen MR) is 130 cm³/mol. The number of aliphatic imine (C=N–C) groups is 2. The van der Waals surface area contributed by atoms with Crippen molar-refractivity contribution >= 4 is 23.0 Å². The van der Waals surface area contributed by atoms with Crippen molar-refractivity contribution in [2.75, 3.05) is 5.73 Å². The Labute approximate surface area is 201 Å². The third-order valence-electron chi connectivity index (χ3n) is 6.41. The molecule has 0 bridgehead atoms. The second kappa shape index (κ2) is 10.2. The van der Waals surface area contributed by atoms with Gasteiger partial charge in [0.25, 0.3) is 6.43 Å². The highest BCUT2D eigenvalue weighted by Gasteiger charge is 2.26. The molecule has 3 aromatic rings. The summed E-state index contributed by atoms with van der Waals surface area (Å²) in [5, 5.41) is 18.2. The molecule has 1 atom stereocenters. The van der Waals surface area contributed by atoms with E-state index in [-0.39, 0.29) is 23.4 Å². The van der Waals surface area contributed by atoms with Gasteiger partial charge in [-0.05, 0) is 58.4 Å². The number of amidine groups is 1. The molecule has 1 saturated carbocycles. The van der Waals surface area contributed by atoms with Gasteiger partial charge in [-0.2, -0.15) is 0 Å². The third kappa shape index (κ3) is 5.07. The van der Waals surface area contributed by atoms with Crippen molar-refractivity contribution in [3.8, 4) is 0 Å². The van der Waals surface area contributed by atoms with Gasteiger partial charge >= 0.3 is 0 Å². The Bertz CT molecular complexity index is 1270. The fourth-order valence-electron chi connectivity index (χ4n) is 4.58. The minimum Gasteiger partial charge on any atom is -0.393 e. The average molecular weight is 487 g/mol. The maximum absolute atomic E-state index is 14.8. The van der Waals surface area contributed by atoms with Gasteiger partial charge < -0.3 is 10.8 Å². The van der Waals surface area contributed by atoms with E-state index < -0.39 is 23.8 Å². The van der Waals surface area contributed by atoms with Crippen LogP contribution < -0.4 is 5.73 Å². The SMILES string of the molecule is CC(C)=NC(=N[C@H](C)c1cccc(C(F)F)c1F)c1cc(C2CCC(O)CC2)c2nncn2c1N. The lowest BCUT2D eigenvalue weighted by Gasteiger charge is -2.26. The lowest BCUT2D eigenvalue weighted by atomic mass is 9.82. The minimum absolute atomic E-state index is 0.0506. The summed E-state index contributed by atoms with van der Waals surface area (Å²) in [6.07, 6.45) is 1.24. The summed E-state index contributed by atoms with van der Waals surface area (Å²) in [5.74, 6) is -0.235. The predicted octanol–water partition coefficient (Wildman–Crippen LogP) is 5.40. The van der Waals surface area contributed by atoms with Gasteiger partial charge in [-0.25, -0.2) is 18.2 Å². The van der Waals surface area contributed by atoms with E-state index in [1.807, 2.05) is 6.07 Å². The van der Waals surface area contributed by atoms with Crippen molar-refractivity contribution in [1.29, 1.82) is 0 Å². The van der Waals surface area contributed by atoms with Crippen molar-refractivity contribution in [3.05, 3.63) is 58.7 Å². The summed E-state index contributed by atoms with van der Waals surface area (Å²) < 4.78 is 43.0. The molecule has 4 rings (SSSR count). The number of pyridine rings is 1. The van der Waals surface area contributed by atoms with Crippen LogP contribution >= 0.6 is 0 Å². The van der Waals surface area contributed by atoms with Gasteiger partial charge in [0.1, 0.15) is 18.0 Å². The Morgan fingerprint density at radius 3 is 2.51 bits per heavy atom. The fraction of sp³-hybridized carbons (Fsp3) is 0.440. The van der Waals surface area contributed by atoms with Crippen LogP contribution in [0.1, 0.15) is 87.1 Å². The van der Waals surface area contributed by atoms with Gasteiger partial charge in [0.2, 0.25) is 0 Å². The summed E-state index contributed by atoms with van der Waals surface area (Å²) in [7, 11) is 0. The van der Waals surface area contributed by atoms with E-state index in [9.17, 15) is 18.3 Å². The third-order valence-corrected chi connectivity index (χ3v) is 6.41. The number of nitrogens with two attached hydrogens (primary N) is 1. The Hall–Kier alpha value is -3.27. The molecule has 10 heteroatoms. The Kier molecular flexibility index (Phi) is 7.20. The van der Waals surface area contributed by atoms with Crippen LogP contribution in [0.5, 0.6) is 0 Å². The van der Waals surface area contributed by atoms with Crippen LogP contribution in [0.25, 0.3) is 5.65 Å². The van der Waals surface area contributed by atoms with Gasteiger partial charge in [-0.3, -0.25) is 9.39 Å². The van der Waals surface area contributed by atoms with Crippen molar-refractivity contribution in [2.24, 2.45) is 9.98 Å². The largest absolute Gasteiger partial charge is 0.393 e. The Morgan fingerprint density at radius 1 is 1.17 bits per heavy atom. The number of nitrogen functional groups attached to an aromatic ring is 1. The highest BCUT2D eigenvalue weighted by atomic mass is 19.3. The first kappa shape index (κ1) is 24.8. The lowest BCUT2D eigenvalue weighted by molar-refractivity contribution is 0.122. The van der Waals surface area contributed by atoms with Crippen LogP contribution in [0.15, 0.2) is 40.6 Å². The fourth-order valence-corrected chi connectivity index (χ4v) is 4.58. The number of benzene rings is 1. The van der Waals surface area contributed by atoms with Gasteiger partial charge in [0.15, 0.2) is 11.5 Å². The summed E-state index contributed by atoms with van der Waals surface area (Å²) in [4.78, 5) is 9.21. The highest BCUT2D eigenvalue weighted by Crippen LogP contribution is 2.37. The number of halogens is 3. The van der Waals surface area contributed by atoms with Crippen molar-refractivity contribution < 1.29 is 18.3 Å². The maximum Gasteiger partial charge on any atom is 0.266 e. The highest BCUT2D eigenvalue weighted by molar-refractivity contribution is 6.09. The monoisotopic (exact) mass is 486 g/mol. The summed E-state index contributed by atoms with van der Waals surface area (Å²) in [6.45, 7) is 5.23. The van der Waals surface area contributed by atoms with Gasteiger partial charge in [-0.15, -0.1) is 10.2 Å². The molecule has 0 spiro atoms. The van der Waals surface area contributed by atoms with Crippen LogP contribution in [-0.2, 0) is 0 Å². The molecule has 0 radical (unpaired) electrons. The van der Waals surface area contributed by atoms with E-state index in [2.05, 4.69) is 20.2 Å². The summed E-state index contributed by atoms with van der Waals surface area (Å²) in [6, 6.07) is 5.01. The number of anilines is 1. The molecule has 1 aliphatic carbocycles. The van der Waals surface area contributed by atoms with Crippen molar-refractivity contribution in [1.82, 2.24) is 14.6 Å². The molecule has 2 heterocycles. The smallest absolute Gasteiger partial charge is 0.266 e. The summed E-state index contributed by atoms with van der Waals surface area (Å²) >= 11 is 0. The lowest BCUT2D eigenvalue weighted by Crippen LogP contribution is -2.19. The van der Waals surface area contributed by atoms with Gasteiger partial charge in [-0.1, -0.05) is 18.2 Å². The molecular formula is C25H29F3N6O. The average Bonchev–Trinajstić information content (AvgIpc) is 3.30. The summed E-state index contributed by atoms with van der Waals surface area (Å²) in [5.41, 5.74) is 8.66. The number of hydrogen-bond acceptors (Lipinski definition) is 5. The van der Waals surface area contributed by atoms with Crippen molar-refractivity contribution in [3.63, 3.8) is 0 Å². The molecule has 0 amide bonds. The van der Waals surface area contributed by atoms with E-state index in [4.69, 9.17) is 5.73 Å². The molecule has 3 N–H and O–H groups in total. The second-order valence-corrected chi connectivity index (χ2v) is 9.17. The van der Waals surface area contributed by atoms with E-state index in [0.717, 1.165) is 24.5 Å². The Morgan fingerprint density at radius 2 is 1.86 bits per heavy atom. The number of hydrogen-bond donors (Lipinski definition) is 2. The van der Waals surface area contributed by atoms with E-state index >= 15 is 0 Å². The number of rotatable bonds is 5. The zero-order valence-corrected chi connectivity index (χ0v) is 19.9. The molecule has 2 aromatic heterocycles. The van der Waals surface area contributed by atoms with E-state index in [1.54, 1.807) is 25.2 Å². The number of aliphatic hydroxyl groups excluding tert-OH is 1. The zero-order valence-electron chi connectivity index (χ0n) is 19.9. The van der Waals surface area contributed by atoms with Gasteiger partial charge in [0.05, 0.1) is 23.3 Å². The molecule has 1 fully saturated rings. The molecule has 186 valence electrons. The number of aromatic nitrogens is 3. The minimum atomic E-state index is -2.93. The number of nitrogens with zero attached hydrogens (tertiary/aromatic N) is 5. The first-order valence-corrected chi connectivity index (χ1v) is 11.6. The van der Waals surface area contributed by atoms with Crippen LogP contribution in [0, 0.1) is 5.82 Å². The zero-order chi connectivity index (χ0) is 25.3. The molecule has 1 aliphatic rings. The van der Waals surface area contributed by atoms with Crippen LogP contribution in [-0.4, -0.2) is 37.4 Å². The van der Waals surface area contributed by atoms with Crippen LogP contribution in [0.4, 0.5) is 19.0 Å². The normalized spacial score (nSPS) is 19.8. The van der Waals surface area contributed by atoms with E-state index in [1.165, 1.54) is 18.5 Å². The maximum atomic E-state index is 14.8. The quantitative estimate of drug-likeness (QED) is 0.373. The van der Waals surface area contributed by atoms with E-state index in [0.29, 0.717) is 35.6 Å². The number of fused-ring (bicyclic) bond motifs is 1. The first-order valence-electron chi connectivity index (χ1n) is 11.6. The first-order chi connectivity index (χ1) is 16.7. The molecule has 0 unspecified atom stereocenters. The standard InChI is InChI=1S/C25H29F3N6O/c1-13(2)31-24(32-14(3)17-5-4-6-18(21(17)26)22(27)28)20-11-19(15-7-9-16(35)10-8-15)25-33-30-12-34(25)23(20)29/h4-6,11-12,14-16,22,35H,7-10,29H2,1-3H3/t14-,15?,16?/m1/s1. The number of alkyl halides is 2. The molecule has 0 saturated heterocycles. The van der Waals surface area contributed by atoms with Crippen molar-refractivity contribution in [2.45, 2.75) is 70.9 Å². The topological polar surface area (TPSA) is 101 Å². The molecule has 7 nitrogen and oxygen atoms in total.